The summed E-state index contributed by atoms with van der Waals surface area (Å²) in [6.45, 7) is 3.45. The van der Waals surface area contributed by atoms with Crippen LogP contribution in [-0.2, 0) is 23.1 Å². The van der Waals surface area contributed by atoms with Gasteiger partial charge in [-0.1, -0.05) is 42.8 Å². The quantitative estimate of drug-likeness (QED) is 0.849. The molecule has 0 amide bonds. The van der Waals surface area contributed by atoms with Crippen LogP contribution in [0.1, 0.15) is 36.0 Å². The highest BCUT2D eigenvalue weighted by atomic mass is 32.2. The monoisotopic (exact) mass is 369 g/mol. The fraction of sp³-hybridized carbons (Fsp3) is 0.350. The summed E-state index contributed by atoms with van der Waals surface area (Å²) in [5.74, 6) is 0. The average molecular weight is 369 g/mol. The fourth-order valence-corrected chi connectivity index (χ4v) is 4.36. The van der Waals surface area contributed by atoms with Gasteiger partial charge in [-0.15, -0.1) is 0 Å². The number of sulfonamides is 1. The molecular weight excluding hydrogens is 346 g/mol. The molecule has 1 aliphatic rings. The van der Waals surface area contributed by atoms with Crippen molar-refractivity contribution in [2.24, 2.45) is 0 Å². The molecule has 0 unspecified atom stereocenters. The van der Waals surface area contributed by atoms with E-state index in [2.05, 4.69) is 21.8 Å². The van der Waals surface area contributed by atoms with Crippen LogP contribution < -0.4 is 4.72 Å². The average Bonchev–Trinajstić information content (AvgIpc) is 2.68. The number of benzene rings is 2. The molecule has 3 rings (SSSR count). The molecule has 0 saturated carbocycles. The van der Waals surface area contributed by atoms with Crippen LogP contribution in [0, 0.1) is 11.3 Å². The molecule has 0 radical (unpaired) electrons. The van der Waals surface area contributed by atoms with E-state index in [0.717, 1.165) is 25.2 Å². The van der Waals surface area contributed by atoms with Crippen LogP contribution in [-0.4, -0.2) is 26.4 Å². The van der Waals surface area contributed by atoms with Crippen LogP contribution in [0.15, 0.2) is 53.4 Å². The molecule has 1 heterocycles. The molecule has 2 aromatic rings. The van der Waals surface area contributed by atoms with Crippen molar-refractivity contribution in [3.8, 4) is 6.07 Å². The zero-order valence-electron chi connectivity index (χ0n) is 14.7. The van der Waals surface area contributed by atoms with Crippen molar-refractivity contribution < 1.29 is 8.42 Å². The molecule has 2 aromatic carbocycles. The number of nitrogens with zero attached hydrogens (tertiary/aromatic N) is 2. The molecule has 6 heteroatoms. The third-order valence-corrected chi connectivity index (χ3v) is 6.10. The first kappa shape index (κ1) is 18.6. The Balaban J connectivity index is 1.61. The van der Waals surface area contributed by atoms with Gasteiger partial charge in [-0.3, -0.25) is 4.90 Å². The van der Waals surface area contributed by atoms with Gasteiger partial charge in [0, 0.05) is 13.1 Å². The first-order chi connectivity index (χ1) is 12.6. The molecular formula is C20H23N3O2S. The molecule has 0 aromatic heterocycles. The van der Waals surface area contributed by atoms with Gasteiger partial charge < -0.3 is 0 Å². The first-order valence-corrected chi connectivity index (χ1v) is 10.4. The van der Waals surface area contributed by atoms with Crippen LogP contribution in [0.5, 0.6) is 0 Å². The highest BCUT2D eigenvalue weighted by Gasteiger charge is 2.17. The molecule has 0 aliphatic carbocycles. The highest BCUT2D eigenvalue weighted by Crippen LogP contribution is 2.16. The van der Waals surface area contributed by atoms with Gasteiger partial charge in [0.25, 0.3) is 0 Å². The fourth-order valence-electron chi connectivity index (χ4n) is 3.19. The zero-order valence-corrected chi connectivity index (χ0v) is 15.5. The maximum Gasteiger partial charge on any atom is 0.242 e. The number of nitrogens with one attached hydrogen (secondary N) is 1. The van der Waals surface area contributed by atoms with Gasteiger partial charge in [0.15, 0.2) is 0 Å². The van der Waals surface area contributed by atoms with E-state index in [9.17, 15) is 8.42 Å². The number of hydrogen-bond donors (Lipinski definition) is 1. The Kier molecular flexibility index (Phi) is 6.04. The molecule has 5 nitrogen and oxygen atoms in total. The maximum atomic E-state index is 12.4. The van der Waals surface area contributed by atoms with Crippen molar-refractivity contribution in [3.05, 3.63) is 65.2 Å². The standard InChI is InChI=1S/C20H23N3O2S/c21-14-19-6-2-3-7-20(19)26(24,25)22-15-17-8-10-18(11-9-17)16-23-12-4-1-5-13-23/h2-3,6-11,22H,1,4-5,12-13,15-16H2. The van der Waals surface area contributed by atoms with Gasteiger partial charge >= 0.3 is 0 Å². The predicted molar refractivity (Wildman–Crippen MR) is 101 cm³/mol. The van der Waals surface area contributed by atoms with Crippen LogP contribution >= 0.6 is 0 Å². The minimum Gasteiger partial charge on any atom is -0.299 e. The van der Waals surface area contributed by atoms with E-state index in [0.29, 0.717) is 0 Å². The normalized spacial score (nSPS) is 15.5. The Hall–Kier alpha value is -2.20. The Morgan fingerprint density at radius 2 is 1.62 bits per heavy atom. The number of rotatable bonds is 6. The summed E-state index contributed by atoms with van der Waals surface area (Å²) in [6, 6.07) is 16.2. The van der Waals surface area contributed by atoms with Gasteiger partial charge in [0.1, 0.15) is 6.07 Å². The first-order valence-electron chi connectivity index (χ1n) is 8.87. The minimum atomic E-state index is -3.71. The summed E-state index contributed by atoms with van der Waals surface area (Å²) < 4.78 is 27.5. The molecule has 1 fully saturated rings. The van der Waals surface area contributed by atoms with Crippen molar-refractivity contribution in [1.82, 2.24) is 9.62 Å². The van der Waals surface area contributed by atoms with E-state index in [1.807, 2.05) is 18.2 Å². The van der Waals surface area contributed by atoms with Crippen molar-refractivity contribution in [1.29, 1.82) is 5.26 Å². The lowest BCUT2D eigenvalue weighted by molar-refractivity contribution is 0.221. The molecule has 0 atom stereocenters. The van der Waals surface area contributed by atoms with Gasteiger partial charge in [-0.2, -0.15) is 5.26 Å². The Labute approximate surface area is 155 Å². The summed E-state index contributed by atoms with van der Waals surface area (Å²) in [4.78, 5) is 2.48. The molecule has 0 spiro atoms. The summed E-state index contributed by atoms with van der Waals surface area (Å²) in [6.07, 6.45) is 3.86. The topological polar surface area (TPSA) is 73.2 Å². The third kappa shape index (κ3) is 4.70. The Morgan fingerprint density at radius 3 is 2.31 bits per heavy atom. The lowest BCUT2D eigenvalue weighted by atomic mass is 10.1. The lowest BCUT2D eigenvalue weighted by Gasteiger charge is -2.26. The molecule has 1 N–H and O–H groups in total. The van der Waals surface area contributed by atoms with Crippen LogP contribution in [0.4, 0.5) is 0 Å². The molecule has 136 valence electrons. The van der Waals surface area contributed by atoms with E-state index in [4.69, 9.17) is 5.26 Å². The highest BCUT2D eigenvalue weighted by molar-refractivity contribution is 7.89. The van der Waals surface area contributed by atoms with Crippen molar-refractivity contribution in [2.45, 2.75) is 37.2 Å². The maximum absolute atomic E-state index is 12.4. The van der Waals surface area contributed by atoms with E-state index >= 15 is 0 Å². The predicted octanol–water partition coefficient (Wildman–Crippen LogP) is 3.02. The number of likely N-dealkylation sites (tertiary alicyclic amines) is 1. The van der Waals surface area contributed by atoms with Crippen LogP contribution in [0.25, 0.3) is 0 Å². The molecule has 0 bridgehead atoms. The summed E-state index contributed by atoms with van der Waals surface area (Å²) in [5.41, 5.74) is 2.29. The number of piperidine rings is 1. The van der Waals surface area contributed by atoms with Crippen LogP contribution in [0.2, 0.25) is 0 Å². The second kappa shape index (κ2) is 8.45. The smallest absolute Gasteiger partial charge is 0.242 e. The van der Waals surface area contributed by atoms with E-state index in [-0.39, 0.29) is 17.0 Å². The van der Waals surface area contributed by atoms with E-state index in [1.165, 1.54) is 37.0 Å². The second-order valence-electron chi connectivity index (χ2n) is 6.59. The van der Waals surface area contributed by atoms with Crippen molar-refractivity contribution in [2.75, 3.05) is 13.1 Å². The molecule has 26 heavy (non-hydrogen) atoms. The van der Waals surface area contributed by atoms with Gasteiger partial charge in [-0.25, -0.2) is 13.1 Å². The summed E-state index contributed by atoms with van der Waals surface area (Å²) >= 11 is 0. The van der Waals surface area contributed by atoms with Gasteiger partial charge in [0.05, 0.1) is 10.5 Å². The summed E-state index contributed by atoms with van der Waals surface area (Å²) in [7, 11) is -3.71. The van der Waals surface area contributed by atoms with Crippen LogP contribution in [0.3, 0.4) is 0 Å². The second-order valence-corrected chi connectivity index (χ2v) is 8.32. The largest absolute Gasteiger partial charge is 0.299 e. The third-order valence-electron chi connectivity index (χ3n) is 4.64. The zero-order chi connectivity index (χ0) is 18.4. The SMILES string of the molecule is N#Cc1ccccc1S(=O)(=O)NCc1ccc(CN2CCCCC2)cc1. The van der Waals surface area contributed by atoms with Crippen molar-refractivity contribution >= 4 is 10.0 Å². The Bertz CT molecular complexity index is 880. The molecule has 1 aliphatic heterocycles. The number of hydrogen-bond acceptors (Lipinski definition) is 4. The Morgan fingerprint density at radius 1 is 0.962 bits per heavy atom. The van der Waals surface area contributed by atoms with Gasteiger partial charge in [0.2, 0.25) is 10.0 Å². The molecule has 1 saturated heterocycles. The summed E-state index contributed by atoms with van der Waals surface area (Å²) in [5, 5.41) is 9.09. The number of nitriles is 1. The van der Waals surface area contributed by atoms with E-state index in [1.54, 1.807) is 12.1 Å². The lowest BCUT2D eigenvalue weighted by Crippen LogP contribution is -2.29. The minimum absolute atomic E-state index is 0.0178. The van der Waals surface area contributed by atoms with Gasteiger partial charge in [-0.05, 0) is 49.2 Å². The van der Waals surface area contributed by atoms with E-state index < -0.39 is 10.0 Å². The van der Waals surface area contributed by atoms with Crippen molar-refractivity contribution in [3.63, 3.8) is 0 Å².